The summed E-state index contributed by atoms with van der Waals surface area (Å²) in [4.78, 5) is 11.0. The van der Waals surface area contributed by atoms with E-state index in [1.807, 2.05) is 0 Å². The minimum Gasteiger partial charge on any atom is -0.478 e. The number of hydrogen-bond donors (Lipinski definition) is 2. The van der Waals surface area contributed by atoms with E-state index in [0.29, 0.717) is 21.3 Å². The third-order valence-electron chi connectivity index (χ3n) is 3.57. The van der Waals surface area contributed by atoms with Crippen molar-refractivity contribution in [2.24, 2.45) is 10.3 Å². The number of nitrogens with zero attached hydrogens (tertiary/aromatic N) is 3. The van der Waals surface area contributed by atoms with Gasteiger partial charge in [0.1, 0.15) is 0 Å². The average Bonchev–Trinajstić information content (AvgIpc) is 2.58. The number of hydrogen-bond acceptors (Lipinski definition) is 5. The lowest BCUT2D eigenvalue weighted by atomic mass is 10.1. The molecule has 0 fully saturated rings. The van der Waals surface area contributed by atoms with Gasteiger partial charge in [0.2, 0.25) is 0 Å². The second kappa shape index (κ2) is 8.22. The van der Waals surface area contributed by atoms with Gasteiger partial charge in [0.05, 0.1) is 31.9 Å². The van der Waals surface area contributed by atoms with Gasteiger partial charge >= 0.3 is 5.97 Å². The first-order valence-corrected chi connectivity index (χ1v) is 9.74. The number of benzene rings is 2. The van der Waals surface area contributed by atoms with E-state index >= 15 is 0 Å². The Morgan fingerprint density at radius 2 is 1.81 bits per heavy atom. The summed E-state index contributed by atoms with van der Waals surface area (Å²) in [6.45, 7) is 3.72. The Labute approximate surface area is 165 Å². The maximum Gasteiger partial charge on any atom is 0.337 e. The monoisotopic (exact) mass is 431 g/mol. The van der Waals surface area contributed by atoms with Crippen molar-refractivity contribution in [1.29, 1.82) is 0 Å². The molecule has 144 valence electrons. The van der Waals surface area contributed by atoms with E-state index in [-0.39, 0.29) is 17.8 Å². The van der Waals surface area contributed by atoms with Crippen molar-refractivity contribution in [3.05, 3.63) is 51.5 Å². The third kappa shape index (κ3) is 4.95. The average molecular weight is 432 g/mol. The minimum absolute atomic E-state index is 0.110. The molecular weight excluding hydrogens is 417 g/mol. The van der Waals surface area contributed by atoms with E-state index in [2.05, 4.69) is 10.3 Å². The molecule has 0 saturated carbocycles. The van der Waals surface area contributed by atoms with E-state index < -0.39 is 21.0 Å². The second-order valence-electron chi connectivity index (χ2n) is 5.42. The van der Waals surface area contributed by atoms with Gasteiger partial charge in [0, 0.05) is 6.54 Å². The fourth-order valence-corrected chi connectivity index (χ4v) is 3.08. The van der Waals surface area contributed by atoms with Gasteiger partial charge in [-0.05, 0) is 49.7 Å². The van der Waals surface area contributed by atoms with Gasteiger partial charge in [-0.25, -0.2) is 9.80 Å². The molecule has 0 aliphatic carbocycles. The molecule has 0 aromatic heterocycles. The van der Waals surface area contributed by atoms with E-state index in [9.17, 15) is 18.3 Å². The first kappa shape index (κ1) is 21.1. The van der Waals surface area contributed by atoms with Crippen molar-refractivity contribution >= 4 is 50.7 Å². The molecule has 0 aliphatic heterocycles. The normalized spacial score (nSPS) is 11.7. The molecule has 0 unspecified atom stereocenters. The van der Waals surface area contributed by atoms with Gasteiger partial charge in [-0.2, -0.15) is 8.42 Å². The fourth-order valence-electron chi connectivity index (χ4n) is 2.20. The molecule has 2 N–H and O–H groups in total. The van der Waals surface area contributed by atoms with Crippen LogP contribution in [-0.4, -0.2) is 30.6 Å². The molecule has 11 heteroatoms. The highest BCUT2D eigenvalue weighted by Gasteiger charge is 2.20. The molecule has 0 aliphatic rings. The number of carbonyl (C=O) groups is 1. The lowest BCUT2D eigenvalue weighted by Gasteiger charge is -2.18. The summed E-state index contributed by atoms with van der Waals surface area (Å²) >= 11 is 11.9. The van der Waals surface area contributed by atoms with Crippen LogP contribution in [-0.2, 0) is 10.1 Å². The van der Waals surface area contributed by atoms with Crippen molar-refractivity contribution in [2.75, 3.05) is 11.6 Å². The van der Waals surface area contributed by atoms with Crippen LogP contribution in [0.15, 0.2) is 45.6 Å². The van der Waals surface area contributed by atoms with Crippen LogP contribution in [0, 0.1) is 6.92 Å². The zero-order valence-corrected chi connectivity index (χ0v) is 16.5. The molecule has 8 nitrogen and oxygen atoms in total. The summed E-state index contributed by atoms with van der Waals surface area (Å²) in [6, 6.07) is 6.32. The van der Waals surface area contributed by atoms with Crippen molar-refractivity contribution < 1.29 is 22.9 Å². The second-order valence-corrected chi connectivity index (χ2v) is 7.65. The number of carboxylic acids is 1. The number of rotatable bonds is 6. The van der Waals surface area contributed by atoms with Crippen LogP contribution >= 0.6 is 23.2 Å². The molecule has 0 bridgehead atoms. The molecule has 2 aromatic rings. The first-order valence-electron chi connectivity index (χ1n) is 7.54. The van der Waals surface area contributed by atoms with Gasteiger partial charge < -0.3 is 5.11 Å². The summed E-state index contributed by atoms with van der Waals surface area (Å²) in [5, 5.41) is 19.4. The lowest BCUT2D eigenvalue weighted by molar-refractivity contribution is 0.0697. The van der Waals surface area contributed by atoms with Gasteiger partial charge in [-0.15, -0.1) is 5.11 Å². The highest BCUT2D eigenvalue weighted by molar-refractivity contribution is 7.85. The van der Waals surface area contributed by atoms with Crippen LogP contribution in [0.2, 0.25) is 10.0 Å². The standard InChI is InChI=1S/C16H15Cl2N3O5S/c1-3-21(20-19-14-8-13(18)12(17)6-9(14)2)15-5-4-10(27(24,25)26)7-11(15)16(22)23/h4-8H,3H2,1-2H3,(H,22,23)(H,24,25,26). The summed E-state index contributed by atoms with van der Waals surface area (Å²) in [5.74, 6) is -1.38. The first-order chi connectivity index (χ1) is 12.5. The zero-order chi connectivity index (χ0) is 20.4. The smallest absolute Gasteiger partial charge is 0.337 e. The topological polar surface area (TPSA) is 120 Å². The molecule has 0 saturated heterocycles. The maximum atomic E-state index is 11.5. The minimum atomic E-state index is -4.54. The van der Waals surface area contributed by atoms with Crippen LogP contribution in [0.3, 0.4) is 0 Å². The van der Waals surface area contributed by atoms with E-state index in [1.54, 1.807) is 19.9 Å². The summed E-state index contributed by atoms with van der Waals surface area (Å²) in [7, 11) is -4.54. The van der Waals surface area contributed by atoms with Crippen LogP contribution in [0.5, 0.6) is 0 Å². The predicted molar refractivity (Wildman–Crippen MR) is 102 cm³/mol. The van der Waals surface area contributed by atoms with Crippen LogP contribution in [0.4, 0.5) is 11.4 Å². The molecule has 0 spiro atoms. The Hall–Kier alpha value is -2.20. The van der Waals surface area contributed by atoms with Gasteiger partial charge in [0.15, 0.2) is 0 Å². The molecule has 27 heavy (non-hydrogen) atoms. The zero-order valence-electron chi connectivity index (χ0n) is 14.2. The molecule has 0 heterocycles. The van der Waals surface area contributed by atoms with Crippen molar-refractivity contribution in [2.45, 2.75) is 18.7 Å². The van der Waals surface area contributed by atoms with Crippen LogP contribution in [0.1, 0.15) is 22.8 Å². The summed E-state index contributed by atoms with van der Waals surface area (Å²) in [6.07, 6.45) is 0. The Bertz CT molecular complexity index is 1020. The molecule has 0 atom stereocenters. The van der Waals surface area contributed by atoms with Crippen LogP contribution < -0.4 is 5.01 Å². The Kier molecular flexibility index (Phi) is 6.42. The van der Waals surface area contributed by atoms with E-state index in [4.69, 9.17) is 27.8 Å². The SMILES string of the molecule is CCN(N=Nc1cc(Cl)c(Cl)cc1C)c1ccc(S(=O)(=O)O)cc1C(=O)O. The highest BCUT2D eigenvalue weighted by Crippen LogP contribution is 2.31. The number of anilines is 1. The molecule has 0 radical (unpaired) electrons. The Morgan fingerprint density at radius 3 is 2.37 bits per heavy atom. The number of aryl methyl sites for hydroxylation is 1. The number of aromatic carboxylic acids is 1. The van der Waals surface area contributed by atoms with Gasteiger partial charge in [0.25, 0.3) is 10.1 Å². The quantitative estimate of drug-likeness (QED) is 0.385. The summed E-state index contributed by atoms with van der Waals surface area (Å²) in [5.41, 5.74) is 0.911. The Morgan fingerprint density at radius 1 is 1.19 bits per heavy atom. The lowest BCUT2D eigenvalue weighted by Crippen LogP contribution is -2.18. The molecule has 2 aromatic carbocycles. The molecule has 0 amide bonds. The maximum absolute atomic E-state index is 11.5. The van der Waals surface area contributed by atoms with Crippen molar-refractivity contribution in [1.82, 2.24) is 0 Å². The largest absolute Gasteiger partial charge is 0.478 e. The number of halogens is 2. The van der Waals surface area contributed by atoms with Crippen molar-refractivity contribution in [3.8, 4) is 0 Å². The molecular formula is C16H15Cl2N3O5S. The van der Waals surface area contributed by atoms with Gasteiger partial charge in [-0.3, -0.25) is 4.55 Å². The van der Waals surface area contributed by atoms with E-state index in [0.717, 1.165) is 12.1 Å². The third-order valence-corrected chi connectivity index (χ3v) is 5.14. The summed E-state index contributed by atoms with van der Waals surface area (Å²) < 4.78 is 31.6. The fraction of sp³-hybridized carbons (Fsp3) is 0.188. The van der Waals surface area contributed by atoms with Gasteiger partial charge in [-0.1, -0.05) is 28.4 Å². The Balaban J connectivity index is 2.49. The van der Waals surface area contributed by atoms with E-state index in [1.165, 1.54) is 17.1 Å². The number of carboxylic acid groups (broad SMARTS) is 1. The van der Waals surface area contributed by atoms with Crippen molar-refractivity contribution in [3.63, 3.8) is 0 Å². The highest BCUT2D eigenvalue weighted by atomic mass is 35.5. The predicted octanol–water partition coefficient (Wildman–Crippen LogP) is 4.77. The molecule has 2 rings (SSSR count). The van der Waals surface area contributed by atoms with Crippen LogP contribution in [0.25, 0.3) is 0 Å².